The first kappa shape index (κ1) is 15.5. The van der Waals surface area contributed by atoms with E-state index in [-0.39, 0.29) is 18.1 Å². The number of carbonyl (C=O) groups excluding carboxylic acids is 1. The van der Waals surface area contributed by atoms with Crippen LogP contribution in [0.1, 0.15) is 17.3 Å². The maximum Gasteiger partial charge on any atom is 0.254 e. The Labute approximate surface area is 138 Å². The molecule has 0 N–H and O–H groups in total. The van der Waals surface area contributed by atoms with Crippen molar-refractivity contribution in [1.82, 2.24) is 4.90 Å². The quantitative estimate of drug-likeness (QED) is 0.634. The highest BCUT2D eigenvalue weighted by Crippen LogP contribution is 2.23. The van der Waals surface area contributed by atoms with E-state index in [2.05, 4.69) is 47.8 Å². The minimum absolute atomic E-state index is 0.0451. The lowest BCUT2D eigenvalue weighted by Crippen LogP contribution is -2.51. The van der Waals surface area contributed by atoms with E-state index in [0.717, 1.165) is 14.3 Å². The van der Waals surface area contributed by atoms with Crippen molar-refractivity contribution in [1.29, 1.82) is 0 Å². The van der Waals surface area contributed by atoms with Crippen LogP contribution in [0.5, 0.6) is 0 Å². The number of morpholine rings is 1. The summed E-state index contributed by atoms with van der Waals surface area (Å²) in [6.07, 6.45) is 0.0655. The third-order valence-electron chi connectivity index (χ3n) is 3.05. The first-order valence-corrected chi connectivity index (χ1v) is 8.66. The minimum Gasteiger partial charge on any atom is -0.373 e. The number of hydrogen-bond donors (Lipinski definition) is 0. The fourth-order valence-corrected chi connectivity index (χ4v) is 3.72. The Kier molecular flexibility index (Phi) is 5.45. The second kappa shape index (κ2) is 6.70. The highest BCUT2D eigenvalue weighted by Gasteiger charge is 2.29. The molecule has 104 valence electrons. The van der Waals surface area contributed by atoms with Gasteiger partial charge in [0.2, 0.25) is 0 Å². The van der Waals surface area contributed by atoms with E-state index < -0.39 is 0 Å². The molecule has 2 atom stereocenters. The van der Waals surface area contributed by atoms with Crippen LogP contribution in [0.2, 0.25) is 0 Å². The molecule has 0 aliphatic carbocycles. The molecular formula is C13H14Br3NO2. The number of amides is 1. The molecule has 0 aromatic heterocycles. The van der Waals surface area contributed by atoms with Crippen molar-refractivity contribution in [2.75, 3.05) is 18.5 Å². The van der Waals surface area contributed by atoms with E-state index in [1.54, 1.807) is 0 Å². The molecule has 1 amide bonds. The van der Waals surface area contributed by atoms with Gasteiger partial charge in [0.1, 0.15) is 0 Å². The van der Waals surface area contributed by atoms with Gasteiger partial charge < -0.3 is 9.64 Å². The smallest absolute Gasteiger partial charge is 0.254 e. The molecule has 0 bridgehead atoms. The summed E-state index contributed by atoms with van der Waals surface area (Å²) < 4.78 is 7.43. The number of benzene rings is 1. The summed E-state index contributed by atoms with van der Waals surface area (Å²) in [4.78, 5) is 14.5. The molecule has 2 rings (SSSR count). The van der Waals surface area contributed by atoms with Crippen LogP contribution in [0.3, 0.4) is 0 Å². The van der Waals surface area contributed by atoms with Crippen LogP contribution in [0, 0.1) is 0 Å². The molecule has 0 spiro atoms. The summed E-state index contributed by atoms with van der Waals surface area (Å²) in [5.41, 5.74) is 0.684. The maximum atomic E-state index is 12.6. The molecule has 3 nitrogen and oxygen atoms in total. The van der Waals surface area contributed by atoms with Crippen LogP contribution in [0.15, 0.2) is 27.1 Å². The van der Waals surface area contributed by atoms with Crippen molar-refractivity contribution >= 4 is 53.7 Å². The summed E-state index contributed by atoms with van der Waals surface area (Å²) in [7, 11) is 0. The maximum absolute atomic E-state index is 12.6. The highest BCUT2D eigenvalue weighted by atomic mass is 79.9. The number of nitrogens with zero attached hydrogens (tertiary/aromatic N) is 1. The normalized spacial score (nSPS) is 23.5. The average Bonchev–Trinajstić information content (AvgIpc) is 2.37. The van der Waals surface area contributed by atoms with Gasteiger partial charge in [-0.1, -0.05) is 47.8 Å². The number of alkyl halides is 1. The first-order chi connectivity index (χ1) is 9.01. The second-order valence-corrected chi connectivity index (χ2v) is 7.05. The Morgan fingerprint density at radius 1 is 1.37 bits per heavy atom. The zero-order valence-electron chi connectivity index (χ0n) is 10.4. The van der Waals surface area contributed by atoms with Crippen molar-refractivity contribution in [3.8, 4) is 0 Å². The Hall–Kier alpha value is 0.0900. The molecule has 1 heterocycles. The van der Waals surface area contributed by atoms with Crippen LogP contribution in [-0.2, 0) is 4.74 Å². The van der Waals surface area contributed by atoms with Gasteiger partial charge in [-0.25, -0.2) is 0 Å². The molecule has 2 unspecified atom stereocenters. The van der Waals surface area contributed by atoms with Crippen LogP contribution in [-0.4, -0.2) is 41.4 Å². The van der Waals surface area contributed by atoms with Crippen LogP contribution in [0.25, 0.3) is 0 Å². The fraction of sp³-hybridized carbons (Fsp3) is 0.462. The van der Waals surface area contributed by atoms with Crippen LogP contribution < -0.4 is 0 Å². The van der Waals surface area contributed by atoms with Crippen molar-refractivity contribution in [2.24, 2.45) is 0 Å². The molecule has 0 radical (unpaired) electrons. The third kappa shape index (κ3) is 3.80. The Bertz CT molecular complexity index is 461. The minimum atomic E-state index is 0.0451. The van der Waals surface area contributed by atoms with Gasteiger partial charge in [-0.2, -0.15) is 0 Å². The van der Waals surface area contributed by atoms with Crippen molar-refractivity contribution < 1.29 is 9.53 Å². The predicted molar refractivity (Wildman–Crippen MR) is 85.9 cm³/mol. The molecular weight excluding hydrogens is 442 g/mol. The van der Waals surface area contributed by atoms with Gasteiger partial charge in [0, 0.05) is 26.4 Å². The number of hydrogen-bond acceptors (Lipinski definition) is 2. The lowest BCUT2D eigenvalue weighted by atomic mass is 10.1. The molecule has 1 saturated heterocycles. The van der Waals surface area contributed by atoms with Gasteiger partial charge in [0.15, 0.2) is 0 Å². The summed E-state index contributed by atoms with van der Waals surface area (Å²) in [5, 5.41) is 0.742. The molecule has 1 aromatic rings. The summed E-state index contributed by atoms with van der Waals surface area (Å²) in [6.45, 7) is 3.21. The third-order valence-corrected chi connectivity index (χ3v) is 4.69. The number of halogens is 3. The molecule has 19 heavy (non-hydrogen) atoms. The standard InChI is InChI=1S/C13H14Br3NO2/c1-8-7-19-12(5-14)6-17(8)13(18)9-2-10(15)4-11(16)3-9/h2-4,8,12H,5-7H2,1H3. The first-order valence-electron chi connectivity index (χ1n) is 5.96. The van der Waals surface area contributed by atoms with Gasteiger partial charge in [0.25, 0.3) is 5.91 Å². The summed E-state index contributed by atoms with van der Waals surface area (Å²) in [5.74, 6) is 0.0451. The number of rotatable bonds is 2. The monoisotopic (exact) mass is 453 g/mol. The topological polar surface area (TPSA) is 29.5 Å². The largest absolute Gasteiger partial charge is 0.373 e. The second-order valence-electron chi connectivity index (χ2n) is 4.57. The summed E-state index contributed by atoms with van der Waals surface area (Å²) >= 11 is 10.2. The Morgan fingerprint density at radius 2 is 2.00 bits per heavy atom. The number of carbonyl (C=O) groups is 1. The molecule has 1 aliphatic heterocycles. The zero-order valence-corrected chi connectivity index (χ0v) is 15.2. The lowest BCUT2D eigenvalue weighted by molar-refractivity contribution is -0.0361. The molecule has 0 saturated carbocycles. The van der Waals surface area contributed by atoms with Gasteiger partial charge in [-0.15, -0.1) is 0 Å². The average molecular weight is 456 g/mol. The van der Waals surface area contributed by atoms with Crippen LogP contribution >= 0.6 is 47.8 Å². The fourth-order valence-electron chi connectivity index (χ4n) is 2.04. The SMILES string of the molecule is CC1COC(CBr)CN1C(=O)c1cc(Br)cc(Br)c1. The van der Waals surface area contributed by atoms with E-state index >= 15 is 0 Å². The summed E-state index contributed by atoms with van der Waals surface area (Å²) in [6, 6.07) is 5.71. The van der Waals surface area contributed by atoms with Gasteiger partial charge >= 0.3 is 0 Å². The lowest BCUT2D eigenvalue weighted by Gasteiger charge is -2.37. The molecule has 6 heteroatoms. The van der Waals surface area contributed by atoms with Crippen molar-refractivity contribution in [3.05, 3.63) is 32.7 Å². The highest BCUT2D eigenvalue weighted by molar-refractivity contribution is 9.11. The van der Waals surface area contributed by atoms with E-state index in [0.29, 0.717) is 18.7 Å². The zero-order chi connectivity index (χ0) is 14.0. The van der Waals surface area contributed by atoms with Gasteiger partial charge in [-0.05, 0) is 25.1 Å². The van der Waals surface area contributed by atoms with E-state index in [1.807, 2.05) is 30.0 Å². The van der Waals surface area contributed by atoms with Gasteiger partial charge in [-0.3, -0.25) is 4.79 Å². The number of ether oxygens (including phenoxy) is 1. The molecule has 1 aromatic carbocycles. The Balaban J connectivity index is 2.21. The molecule has 1 aliphatic rings. The van der Waals surface area contributed by atoms with Crippen LogP contribution in [0.4, 0.5) is 0 Å². The van der Waals surface area contributed by atoms with E-state index in [1.165, 1.54) is 0 Å². The van der Waals surface area contributed by atoms with Gasteiger partial charge in [0.05, 0.1) is 18.8 Å². The van der Waals surface area contributed by atoms with E-state index in [9.17, 15) is 4.79 Å². The Morgan fingerprint density at radius 3 is 2.58 bits per heavy atom. The van der Waals surface area contributed by atoms with Crippen molar-refractivity contribution in [3.63, 3.8) is 0 Å². The molecule has 1 fully saturated rings. The predicted octanol–water partition coefficient (Wildman–Crippen LogP) is 3.84. The van der Waals surface area contributed by atoms with Crippen molar-refractivity contribution in [2.45, 2.75) is 19.1 Å². The van der Waals surface area contributed by atoms with E-state index in [4.69, 9.17) is 4.74 Å².